The Kier molecular flexibility index (Phi) is 4.80. The number of nitrogens with one attached hydrogen (secondary N) is 2. The summed E-state index contributed by atoms with van der Waals surface area (Å²) in [6.07, 6.45) is 0.962. The van der Waals surface area contributed by atoms with Gasteiger partial charge in [0.15, 0.2) is 5.13 Å². The minimum absolute atomic E-state index is 0.00197. The smallest absolute Gasteiger partial charge is 0.231 e. The van der Waals surface area contributed by atoms with E-state index in [1.807, 2.05) is 30.5 Å². The highest BCUT2D eigenvalue weighted by molar-refractivity contribution is 7.14. The van der Waals surface area contributed by atoms with Crippen molar-refractivity contribution >= 4 is 28.3 Å². The lowest BCUT2D eigenvalue weighted by Gasteiger charge is -2.20. The van der Waals surface area contributed by atoms with Crippen LogP contribution >= 0.6 is 11.3 Å². The zero-order valence-electron chi connectivity index (χ0n) is 13.6. The standard InChI is InChI=1S/C17H19N3O3S/c1-10-3-5-14(23-2)12(7-10)13-9-24-17(19-13)20-16(22)11-4-6-15(21)18-8-11/h3,5,7,9,11H,4,6,8H2,1-2H3,(H,18,21)(H,19,20,22)/t11-/m1/s1. The first kappa shape index (κ1) is 16.4. The van der Waals surface area contributed by atoms with Crippen LogP contribution in [-0.2, 0) is 9.59 Å². The van der Waals surface area contributed by atoms with Gasteiger partial charge in [-0.3, -0.25) is 9.59 Å². The SMILES string of the molecule is COc1ccc(C)cc1-c1csc(NC(=O)[C@@H]2CCC(=O)NC2)n1. The molecule has 1 aromatic heterocycles. The summed E-state index contributed by atoms with van der Waals surface area (Å²) in [6, 6.07) is 5.90. The Bertz CT molecular complexity index is 762. The highest BCUT2D eigenvalue weighted by Crippen LogP contribution is 2.33. The van der Waals surface area contributed by atoms with Gasteiger partial charge in [0.05, 0.1) is 18.7 Å². The van der Waals surface area contributed by atoms with Gasteiger partial charge in [0.1, 0.15) is 5.75 Å². The number of hydrogen-bond donors (Lipinski definition) is 2. The predicted octanol–water partition coefficient (Wildman–Crippen LogP) is 2.59. The Balaban J connectivity index is 1.73. The number of thiazole rings is 1. The van der Waals surface area contributed by atoms with Crippen molar-refractivity contribution in [1.82, 2.24) is 10.3 Å². The van der Waals surface area contributed by atoms with Gasteiger partial charge in [-0.2, -0.15) is 0 Å². The third-order valence-corrected chi connectivity index (χ3v) is 4.76. The van der Waals surface area contributed by atoms with Gasteiger partial charge < -0.3 is 15.4 Å². The quantitative estimate of drug-likeness (QED) is 0.892. The average Bonchev–Trinajstić information content (AvgIpc) is 3.03. The molecule has 6 nitrogen and oxygen atoms in total. The van der Waals surface area contributed by atoms with Gasteiger partial charge in [0.25, 0.3) is 0 Å². The number of nitrogens with zero attached hydrogens (tertiary/aromatic N) is 1. The molecule has 0 bridgehead atoms. The summed E-state index contributed by atoms with van der Waals surface area (Å²) in [7, 11) is 1.63. The van der Waals surface area contributed by atoms with Crippen LogP contribution in [0.25, 0.3) is 11.3 Å². The molecule has 0 radical (unpaired) electrons. The molecule has 126 valence electrons. The molecule has 1 aliphatic heterocycles. The molecule has 2 N–H and O–H groups in total. The first-order chi connectivity index (χ1) is 11.6. The molecule has 24 heavy (non-hydrogen) atoms. The maximum absolute atomic E-state index is 12.3. The molecular formula is C17H19N3O3S. The normalized spacial score (nSPS) is 17.2. The number of ether oxygens (including phenoxy) is 1. The van der Waals surface area contributed by atoms with Gasteiger partial charge in [0.2, 0.25) is 11.8 Å². The summed E-state index contributed by atoms with van der Waals surface area (Å²) in [5, 5.41) is 8.01. The fraction of sp³-hybridized carbons (Fsp3) is 0.353. The first-order valence-electron chi connectivity index (χ1n) is 7.75. The zero-order chi connectivity index (χ0) is 17.1. The Morgan fingerprint density at radius 3 is 3.00 bits per heavy atom. The molecule has 0 aliphatic carbocycles. The van der Waals surface area contributed by atoms with E-state index in [9.17, 15) is 9.59 Å². The lowest BCUT2D eigenvalue weighted by Crippen LogP contribution is -2.40. The summed E-state index contributed by atoms with van der Waals surface area (Å²) in [6.45, 7) is 2.39. The molecule has 3 rings (SSSR count). The molecule has 1 atom stereocenters. The van der Waals surface area contributed by atoms with Gasteiger partial charge in [0, 0.05) is 23.9 Å². The van der Waals surface area contributed by atoms with Crippen molar-refractivity contribution in [3.05, 3.63) is 29.1 Å². The maximum atomic E-state index is 12.3. The number of rotatable bonds is 4. The van der Waals surface area contributed by atoms with Crippen LogP contribution in [0.5, 0.6) is 5.75 Å². The average molecular weight is 345 g/mol. The first-order valence-corrected chi connectivity index (χ1v) is 8.63. The second kappa shape index (κ2) is 7.00. The molecule has 1 aliphatic rings. The molecule has 0 unspecified atom stereocenters. The molecule has 2 heterocycles. The highest BCUT2D eigenvalue weighted by atomic mass is 32.1. The van der Waals surface area contributed by atoms with Crippen LogP contribution in [0, 0.1) is 12.8 Å². The summed E-state index contributed by atoms with van der Waals surface area (Å²) in [5.41, 5.74) is 2.79. The number of benzene rings is 1. The van der Waals surface area contributed by atoms with Crippen molar-refractivity contribution in [2.24, 2.45) is 5.92 Å². The monoisotopic (exact) mass is 345 g/mol. The lowest BCUT2D eigenvalue weighted by molar-refractivity contribution is -0.126. The predicted molar refractivity (Wildman–Crippen MR) is 93.2 cm³/mol. The molecule has 1 saturated heterocycles. The number of aryl methyl sites for hydroxylation is 1. The molecule has 7 heteroatoms. The van der Waals surface area contributed by atoms with Gasteiger partial charge >= 0.3 is 0 Å². The molecule has 0 spiro atoms. The van der Waals surface area contributed by atoms with Gasteiger partial charge in [-0.1, -0.05) is 11.6 Å². The fourth-order valence-corrected chi connectivity index (χ4v) is 3.35. The largest absolute Gasteiger partial charge is 0.496 e. The lowest BCUT2D eigenvalue weighted by atomic mass is 9.98. The number of methoxy groups -OCH3 is 1. The Morgan fingerprint density at radius 1 is 1.46 bits per heavy atom. The molecule has 2 amide bonds. The maximum Gasteiger partial charge on any atom is 0.231 e. The van der Waals surface area contributed by atoms with Gasteiger partial charge in [-0.05, 0) is 25.5 Å². The fourth-order valence-electron chi connectivity index (χ4n) is 2.64. The van der Waals surface area contributed by atoms with Crippen molar-refractivity contribution in [3.63, 3.8) is 0 Å². The van der Waals surface area contributed by atoms with Gasteiger partial charge in [-0.15, -0.1) is 11.3 Å². The van der Waals surface area contributed by atoms with Crippen LogP contribution in [-0.4, -0.2) is 30.5 Å². The second-order valence-electron chi connectivity index (χ2n) is 5.77. The van der Waals surface area contributed by atoms with Crippen LogP contribution in [0.2, 0.25) is 0 Å². The van der Waals surface area contributed by atoms with Crippen LogP contribution in [0.1, 0.15) is 18.4 Å². The topological polar surface area (TPSA) is 80.3 Å². The van der Waals surface area contributed by atoms with Crippen LogP contribution in [0.3, 0.4) is 0 Å². The van der Waals surface area contributed by atoms with E-state index < -0.39 is 0 Å². The molecule has 1 fully saturated rings. The number of hydrogen-bond acceptors (Lipinski definition) is 5. The molecule has 2 aromatic rings. The third-order valence-electron chi connectivity index (χ3n) is 4.00. The number of amides is 2. The summed E-state index contributed by atoms with van der Waals surface area (Å²) >= 11 is 1.38. The summed E-state index contributed by atoms with van der Waals surface area (Å²) < 4.78 is 5.39. The number of aromatic nitrogens is 1. The Labute approximate surface area is 144 Å². The summed E-state index contributed by atoms with van der Waals surface area (Å²) in [5.74, 6) is 0.441. The van der Waals surface area contributed by atoms with Crippen molar-refractivity contribution < 1.29 is 14.3 Å². The van der Waals surface area contributed by atoms with E-state index in [-0.39, 0.29) is 17.7 Å². The minimum atomic E-state index is -0.205. The third kappa shape index (κ3) is 3.56. The molecular weight excluding hydrogens is 326 g/mol. The van der Waals surface area contributed by atoms with E-state index in [2.05, 4.69) is 15.6 Å². The van der Waals surface area contributed by atoms with Crippen molar-refractivity contribution in [3.8, 4) is 17.0 Å². The van der Waals surface area contributed by atoms with E-state index in [0.717, 1.165) is 22.6 Å². The number of piperidine rings is 1. The van der Waals surface area contributed by atoms with E-state index in [4.69, 9.17) is 4.74 Å². The van der Waals surface area contributed by atoms with Crippen LogP contribution in [0.4, 0.5) is 5.13 Å². The van der Waals surface area contributed by atoms with Crippen molar-refractivity contribution in [2.75, 3.05) is 19.0 Å². The Hall–Kier alpha value is -2.41. The summed E-state index contributed by atoms with van der Waals surface area (Å²) in [4.78, 5) is 27.9. The van der Waals surface area contributed by atoms with E-state index >= 15 is 0 Å². The van der Waals surface area contributed by atoms with Crippen molar-refractivity contribution in [2.45, 2.75) is 19.8 Å². The minimum Gasteiger partial charge on any atom is -0.496 e. The zero-order valence-corrected chi connectivity index (χ0v) is 14.4. The van der Waals surface area contributed by atoms with E-state index in [0.29, 0.717) is 24.5 Å². The van der Waals surface area contributed by atoms with Crippen LogP contribution < -0.4 is 15.4 Å². The number of carbonyl (C=O) groups is 2. The van der Waals surface area contributed by atoms with Crippen LogP contribution in [0.15, 0.2) is 23.6 Å². The Morgan fingerprint density at radius 2 is 2.29 bits per heavy atom. The highest BCUT2D eigenvalue weighted by Gasteiger charge is 2.25. The molecule has 0 saturated carbocycles. The number of carbonyl (C=O) groups excluding carboxylic acids is 2. The molecule has 1 aromatic carbocycles. The van der Waals surface area contributed by atoms with Gasteiger partial charge in [-0.25, -0.2) is 4.98 Å². The number of anilines is 1. The second-order valence-corrected chi connectivity index (χ2v) is 6.63. The van der Waals surface area contributed by atoms with Crippen molar-refractivity contribution in [1.29, 1.82) is 0 Å². The van der Waals surface area contributed by atoms with E-state index in [1.165, 1.54) is 11.3 Å². The van der Waals surface area contributed by atoms with E-state index in [1.54, 1.807) is 7.11 Å².